The van der Waals surface area contributed by atoms with E-state index in [9.17, 15) is 0 Å². The van der Waals surface area contributed by atoms with E-state index in [4.69, 9.17) is 0 Å². The van der Waals surface area contributed by atoms with Crippen LogP contribution >= 0.6 is 0 Å². The lowest BCUT2D eigenvalue weighted by atomic mass is 9.85. The van der Waals surface area contributed by atoms with Crippen molar-refractivity contribution in [3.05, 3.63) is 35.4 Å². The van der Waals surface area contributed by atoms with Gasteiger partial charge in [0.15, 0.2) is 0 Å². The third-order valence-corrected chi connectivity index (χ3v) is 2.59. The van der Waals surface area contributed by atoms with Gasteiger partial charge in [-0.3, -0.25) is 4.99 Å². The molecule has 1 aromatic carbocycles. The van der Waals surface area contributed by atoms with Crippen LogP contribution in [0.15, 0.2) is 29.3 Å². The van der Waals surface area contributed by atoms with E-state index in [1.54, 1.807) is 0 Å². The Labute approximate surface area is 79.5 Å². The lowest BCUT2D eigenvalue weighted by Crippen LogP contribution is -2.24. The van der Waals surface area contributed by atoms with Gasteiger partial charge in [-0.25, -0.2) is 0 Å². The molecule has 0 bridgehead atoms. The van der Waals surface area contributed by atoms with E-state index in [1.807, 2.05) is 0 Å². The summed E-state index contributed by atoms with van der Waals surface area (Å²) < 4.78 is 0. The summed E-state index contributed by atoms with van der Waals surface area (Å²) >= 11 is 0. The summed E-state index contributed by atoms with van der Waals surface area (Å²) in [5, 5.41) is 0. The molecular formula is C12H15N. The van der Waals surface area contributed by atoms with Gasteiger partial charge < -0.3 is 0 Å². The predicted molar refractivity (Wildman–Crippen MR) is 56.3 cm³/mol. The van der Waals surface area contributed by atoms with Crippen LogP contribution < -0.4 is 0 Å². The molecule has 1 aliphatic rings. The molecule has 0 amide bonds. The van der Waals surface area contributed by atoms with Crippen molar-refractivity contribution >= 4 is 5.71 Å². The van der Waals surface area contributed by atoms with Gasteiger partial charge >= 0.3 is 0 Å². The van der Waals surface area contributed by atoms with Crippen molar-refractivity contribution in [1.82, 2.24) is 0 Å². The zero-order valence-electron chi connectivity index (χ0n) is 8.46. The molecule has 0 saturated heterocycles. The van der Waals surface area contributed by atoms with Gasteiger partial charge in [0.25, 0.3) is 0 Å². The molecule has 0 fully saturated rings. The van der Waals surface area contributed by atoms with Crippen LogP contribution in [0.2, 0.25) is 0 Å². The molecule has 0 aliphatic carbocycles. The van der Waals surface area contributed by atoms with E-state index in [2.05, 4.69) is 50.0 Å². The van der Waals surface area contributed by atoms with Crippen molar-refractivity contribution < 1.29 is 0 Å². The number of hydrogen-bond donors (Lipinski definition) is 0. The molecule has 0 unspecified atom stereocenters. The van der Waals surface area contributed by atoms with Gasteiger partial charge in [0.1, 0.15) is 0 Å². The fourth-order valence-electron chi connectivity index (χ4n) is 2.12. The van der Waals surface area contributed by atoms with Gasteiger partial charge in [0.2, 0.25) is 0 Å². The van der Waals surface area contributed by atoms with Gasteiger partial charge in [-0.1, -0.05) is 24.3 Å². The standard InChI is InChI=1S/C12H15N/c1-9-8-10-6-4-5-7-11(10)12(2,3)13-9/h4-7H,8H2,1-3H3. The Balaban J connectivity index is 2.58. The minimum atomic E-state index is -0.0288. The van der Waals surface area contributed by atoms with Crippen molar-refractivity contribution in [1.29, 1.82) is 0 Å². The Bertz CT molecular complexity index is 361. The van der Waals surface area contributed by atoms with Crippen LogP contribution in [0.4, 0.5) is 0 Å². The molecule has 0 radical (unpaired) electrons. The fraction of sp³-hybridized carbons (Fsp3) is 0.417. The Morgan fingerprint density at radius 1 is 1.23 bits per heavy atom. The number of hydrogen-bond acceptors (Lipinski definition) is 1. The van der Waals surface area contributed by atoms with Gasteiger partial charge in [0.05, 0.1) is 5.54 Å². The maximum absolute atomic E-state index is 4.67. The number of rotatable bonds is 0. The first-order chi connectivity index (χ1) is 6.09. The summed E-state index contributed by atoms with van der Waals surface area (Å²) in [6, 6.07) is 8.59. The zero-order chi connectivity index (χ0) is 9.47. The number of aliphatic imine (C=N–C) groups is 1. The van der Waals surface area contributed by atoms with Crippen LogP contribution in [0.25, 0.3) is 0 Å². The Hall–Kier alpha value is -1.11. The largest absolute Gasteiger partial charge is 0.283 e. The molecule has 0 spiro atoms. The van der Waals surface area contributed by atoms with E-state index in [0.717, 1.165) is 6.42 Å². The minimum Gasteiger partial charge on any atom is -0.283 e. The summed E-state index contributed by atoms with van der Waals surface area (Å²) in [6.07, 6.45) is 1.01. The SMILES string of the molecule is CC1=NC(C)(C)c2ccccc2C1. The van der Waals surface area contributed by atoms with Crippen LogP contribution in [0.1, 0.15) is 31.9 Å². The third kappa shape index (κ3) is 1.39. The van der Waals surface area contributed by atoms with E-state index < -0.39 is 0 Å². The van der Waals surface area contributed by atoms with E-state index in [1.165, 1.54) is 16.8 Å². The van der Waals surface area contributed by atoms with Gasteiger partial charge in [-0.15, -0.1) is 0 Å². The third-order valence-electron chi connectivity index (χ3n) is 2.59. The average molecular weight is 173 g/mol. The molecular weight excluding hydrogens is 158 g/mol. The molecule has 13 heavy (non-hydrogen) atoms. The molecule has 0 atom stereocenters. The summed E-state index contributed by atoms with van der Waals surface area (Å²) in [5.41, 5.74) is 4.02. The summed E-state index contributed by atoms with van der Waals surface area (Å²) in [6.45, 7) is 6.46. The average Bonchev–Trinajstić information content (AvgIpc) is 2.02. The van der Waals surface area contributed by atoms with Crippen molar-refractivity contribution in [3.63, 3.8) is 0 Å². The maximum Gasteiger partial charge on any atom is 0.0802 e. The first-order valence-electron chi connectivity index (χ1n) is 4.73. The van der Waals surface area contributed by atoms with Gasteiger partial charge in [-0.05, 0) is 31.9 Å². The highest BCUT2D eigenvalue weighted by Crippen LogP contribution is 2.31. The van der Waals surface area contributed by atoms with Crippen LogP contribution in [-0.2, 0) is 12.0 Å². The highest BCUT2D eigenvalue weighted by Gasteiger charge is 2.25. The second-order valence-corrected chi connectivity index (χ2v) is 4.24. The monoisotopic (exact) mass is 173 g/mol. The quantitative estimate of drug-likeness (QED) is 0.572. The highest BCUT2D eigenvalue weighted by atomic mass is 14.9. The maximum atomic E-state index is 4.67. The Kier molecular flexibility index (Phi) is 1.76. The fourth-order valence-corrected chi connectivity index (χ4v) is 2.12. The Morgan fingerprint density at radius 2 is 1.92 bits per heavy atom. The molecule has 1 nitrogen and oxygen atoms in total. The number of benzene rings is 1. The van der Waals surface area contributed by atoms with Crippen LogP contribution in [0.3, 0.4) is 0 Å². The molecule has 68 valence electrons. The normalized spacial score (nSPS) is 19.2. The molecule has 0 saturated carbocycles. The second kappa shape index (κ2) is 2.69. The summed E-state index contributed by atoms with van der Waals surface area (Å²) in [7, 11) is 0. The van der Waals surface area contributed by atoms with E-state index >= 15 is 0 Å². The Morgan fingerprint density at radius 3 is 2.69 bits per heavy atom. The van der Waals surface area contributed by atoms with Crippen molar-refractivity contribution in [2.24, 2.45) is 4.99 Å². The highest BCUT2D eigenvalue weighted by molar-refractivity contribution is 5.86. The lowest BCUT2D eigenvalue weighted by molar-refractivity contribution is 0.543. The minimum absolute atomic E-state index is 0.0288. The van der Waals surface area contributed by atoms with Crippen molar-refractivity contribution in [3.8, 4) is 0 Å². The first-order valence-corrected chi connectivity index (χ1v) is 4.73. The zero-order valence-corrected chi connectivity index (χ0v) is 8.46. The number of fused-ring (bicyclic) bond motifs is 1. The topological polar surface area (TPSA) is 12.4 Å². The number of nitrogens with zero attached hydrogens (tertiary/aromatic N) is 1. The van der Waals surface area contributed by atoms with E-state index in [0.29, 0.717) is 0 Å². The first kappa shape index (κ1) is 8.49. The van der Waals surface area contributed by atoms with Crippen LogP contribution in [0, 0.1) is 0 Å². The predicted octanol–water partition coefficient (Wildman–Crippen LogP) is 2.94. The van der Waals surface area contributed by atoms with Crippen molar-refractivity contribution in [2.75, 3.05) is 0 Å². The molecule has 1 aliphatic heterocycles. The van der Waals surface area contributed by atoms with Crippen LogP contribution in [-0.4, -0.2) is 5.71 Å². The molecule has 1 heterocycles. The summed E-state index contributed by atoms with van der Waals surface area (Å²) in [5.74, 6) is 0. The van der Waals surface area contributed by atoms with Gasteiger partial charge in [0, 0.05) is 12.1 Å². The molecule has 2 rings (SSSR count). The van der Waals surface area contributed by atoms with E-state index in [-0.39, 0.29) is 5.54 Å². The molecule has 1 heteroatoms. The molecule has 0 N–H and O–H groups in total. The van der Waals surface area contributed by atoms with Crippen LogP contribution in [0.5, 0.6) is 0 Å². The summed E-state index contributed by atoms with van der Waals surface area (Å²) in [4.78, 5) is 4.67. The second-order valence-electron chi connectivity index (χ2n) is 4.24. The smallest absolute Gasteiger partial charge is 0.0802 e. The molecule has 0 aromatic heterocycles. The van der Waals surface area contributed by atoms with Crippen molar-refractivity contribution in [2.45, 2.75) is 32.7 Å². The van der Waals surface area contributed by atoms with Gasteiger partial charge in [-0.2, -0.15) is 0 Å². The lowest BCUT2D eigenvalue weighted by Gasteiger charge is -2.28. The molecule has 1 aromatic rings.